The van der Waals surface area contributed by atoms with Gasteiger partial charge in [0.1, 0.15) is 0 Å². The Bertz CT molecular complexity index is 240. The topological polar surface area (TPSA) is 35.6 Å². The van der Waals surface area contributed by atoms with E-state index in [-0.39, 0.29) is 6.03 Å². The van der Waals surface area contributed by atoms with Crippen molar-refractivity contribution in [1.29, 1.82) is 0 Å². The first-order valence-electron chi connectivity index (χ1n) is 5.91. The number of piperidine rings is 1. The second-order valence-corrected chi connectivity index (χ2v) is 4.90. The van der Waals surface area contributed by atoms with Crippen LogP contribution in [0.15, 0.2) is 0 Å². The summed E-state index contributed by atoms with van der Waals surface area (Å²) in [5.74, 6) is 0.663. The number of urea groups is 1. The number of likely N-dealkylation sites (tertiary alicyclic amines) is 1. The third-order valence-corrected chi connectivity index (χ3v) is 3.54. The Hall–Kier alpha value is -0.770. The van der Waals surface area contributed by atoms with Crippen LogP contribution in [0.4, 0.5) is 4.79 Å². The van der Waals surface area contributed by atoms with Crippen molar-refractivity contribution in [2.45, 2.75) is 25.8 Å². The Morgan fingerprint density at radius 2 is 2.20 bits per heavy atom. The molecule has 0 bridgehead atoms. The molecule has 15 heavy (non-hydrogen) atoms. The van der Waals surface area contributed by atoms with Crippen molar-refractivity contribution < 1.29 is 4.79 Å². The standard InChI is InChI=1S/C11H21N3O/c1-9-4-3-5-14(8-9)11(15)13(2)10-6-12-7-10/h9-10,12H,3-8H2,1-2H3. The molecule has 86 valence electrons. The molecule has 0 spiro atoms. The van der Waals surface area contributed by atoms with Gasteiger partial charge in [0.25, 0.3) is 0 Å². The molecule has 1 unspecified atom stereocenters. The summed E-state index contributed by atoms with van der Waals surface area (Å²) in [6.07, 6.45) is 2.42. The van der Waals surface area contributed by atoms with Crippen molar-refractivity contribution in [2.75, 3.05) is 33.2 Å². The normalized spacial score (nSPS) is 27.3. The molecule has 2 amide bonds. The van der Waals surface area contributed by atoms with Crippen LogP contribution in [0.25, 0.3) is 0 Å². The van der Waals surface area contributed by atoms with E-state index in [4.69, 9.17) is 0 Å². The molecular formula is C11H21N3O. The molecule has 0 radical (unpaired) electrons. The lowest BCUT2D eigenvalue weighted by molar-refractivity contribution is 0.113. The van der Waals surface area contributed by atoms with Crippen molar-refractivity contribution in [1.82, 2.24) is 15.1 Å². The first kappa shape index (κ1) is 10.7. The summed E-state index contributed by atoms with van der Waals surface area (Å²) in [4.78, 5) is 16.0. The highest BCUT2D eigenvalue weighted by Gasteiger charge is 2.30. The van der Waals surface area contributed by atoms with Gasteiger partial charge in [0.05, 0.1) is 6.04 Å². The molecule has 1 N–H and O–H groups in total. The van der Waals surface area contributed by atoms with E-state index in [1.807, 2.05) is 16.8 Å². The first-order chi connectivity index (χ1) is 7.18. The summed E-state index contributed by atoms with van der Waals surface area (Å²) in [5.41, 5.74) is 0. The average molecular weight is 211 g/mol. The summed E-state index contributed by atoms with van der Waals surface area (Å²) in [7, 11) is 1.92. The third kappa shape index (κ3) is 2.25. The molecule has 0 aromatic rings. The van der Waals surface area contributed by atoms with Crippen LogP contribution < -0.4 is 5.32 Å². The minimum atomic E-state index is 0.216. The summed E-state index contributed by atoms with van der Waals surface area (Å²) >= 11 is 0. The second kappa shape index (κ2) is 4.39. The van der Waals surface area contributed by atoms with E-state index in [0.29, 0.717) is 12.0 Å². The maximum Gasteiger partial charge on any atom is 0.320 e. The monoisotopic (exact) mass is 211 g/mol. The number of rotatable bonds is 1. The first-order valence-corrected chi connectivity index (χ1v) is 5.91. The maximum atomic E-state index is 12.1. The zero-order chi connectivity index (χ0) is 10.8. The maximum absolute atomic E-state index is 12.1. The molecule has 4 heteroatoms. The largest absolute Gasteiger partial charge is 0.324 e. The van der Waals surface area contributed by atoms with E-state index in [1.54, 1.807) is 0 Å². The van der Waals surface area contributed by atoms with E-state index in [0.717, 1.165) is 32.6 Å². The lowest BCUT2D eigenvalue weighted by atomic mass is 10.0. The van der Waals surface area contributed by atoms with Crippen molar-refractivity contribution in [3.05, 3.63) is 0 Å². The number of hydrogen-bond donors (Lipinski definition) is 1. The van der Waals surface area contributed by atoms with Crippen LogP contribution in [-0.4, -0.2) is 55.1 Å². The molecule has 2 rings (SSSR count). The highest BCUT2D eigenvalue weighted by Crippen LogP contribution is 2.17. The van der Waals surface area contributed by atoms with Gasteiger partial charge in [0.2, 0.25) is 0 Å². The Kier molecular flexibility index (Phi) is 3.14. The number of likely N-dealkylation sites (N-methyl/N-ethyl adjacent to an activating group) is 1. The molecule has 2 aliphatic rings. The van der Waals surface area contributed by atoms with Crippen molar-refractivity contribution in [3.8, 4) is 0 Å². The highest BCUT2D eigenvalue weighted by atomic mass is 16.2. The van der Waals surface area contributed by atoms with Gasteiger partial charge in [0, 0.05) is 33.2 Å². The number of hydrogen-bond acceptors (Lipinski definition) is 2. The Morgan fingerprint density at radius 1 is 1.47 bits per heavy atom. The van der Waals surface area contributed by atoms with E-state index < -0.39 is 0 Å². The van der Waals surface area contributed by atoms with E-state index >= 15 is 0 Å². The average Bonchev–Trinajstić information content (AvgIpc) is 2.14. The van der Waals surface area contributed by atoms with E-state index in [9.17, 15) is 4.79 Å². The van der Waals surface area contributed by atoms with Gasteiger partial charge in [-0.3, -0.25) is 0 Å². The lowest BCUT2D eigenvalue weighted by Gasteiger charge is -2.40. The molecule has 1 atom stereocenters. The SMILES string of the molecule is CC1CCCN(C(=O)N(C)C2CNC2)C1. The molecule has 0 aromatic carbocycles. The number of carbonyl (C=O) groups is 1. The van der Waals surface area contributed by atoms with Gasteiger partial charge < -0.3 is 15.1 Å². The molecule has 4 nitrogen and oxygen atoms in total. The molecule has 2 fully saturated rings. The summed E-state index contributed by atoms with van der Waals surface area (Å²) in [6, 6.07) is 0.628. The van der Waals surface area contributed by atoms with Gasteiger partial charge in [-0.25, -0.2) is 4.79 Å². The minimum absolute atomic E-state index is 0.216. The molecule has 2 heterocycles. The van der Waals surface area contributed by atoms with Crippen LogP contribution >= 0.6 is 0 Å². The fourth-order valence-electron chi connectivity index (χ4n) is 2.29. The molecule has 0 aliphatic carbocycles. The van der Waals surface area contributed by atoms with Crippen molar-refractivity contribution >= 4 is 6.03 Å². The van der Waals surface area contributed by atoms with Crippen molar-refractivity contribution in [2.24, 2.45) is 5.92 Å². The van der Waals surface area contributed by atoms with Gasteiger partial charge in [-0.1, -0.05) is 6.92 Å². The molecular weight excluding hydrogens is 190 g/mol. The Labute approximate surface area is 91.6 Å². The van der Waals surface area contributed by atoms with Gasteiger partial charge in [-0.2, -0.15) is 0 Å². The zero-order valence-electron chi connectivity index (χ0n) is 9.70. The van der Waals surface area contributed by atoms with Crippen LogP contribution in [0.5, 0.6) is 0 Å². The summed E-state index contributed by atoms with van der Waals surface area (Å²) in [5, 5.41) is 3.20. The summed E-state index contributed by atoms with van der Waals surface area (Å²) < 4.78 is 0. The fourth-order valence-corrected chi connectivity index (χ4v) is 2.29. The van der Waals surface area contributed by atoms with Gasteiger partial charge in [-0.05, 0) is 18.8 Å². The van der Waals surface area contributed by atoms with Crippen molar-refractivity contribution in [3.63, 3.8) is 0 Å². The van der Waals surface area contributed by atoms with Gasteiger partial charge in [0.15, 0.2) is 0 Å². The Morgan fingerprint density at radius 3 is 2.73 bits per heavy atom. The quantitative estimate of drug-likeness (QED) is 0.694. The number of nitrogens with one attached hydrogen (secondary N) is 1. The third-order valence-electron chi connectivity index (χ3n) is 3.54. The van der Waals surface area contributed by atoms with E-state index in [1.165, 1.54) is 6.42 Å². The fraction of sp³-hybridized carbons (Fsp3) is 0.909. The predicted molar refractivity (Wildman–Crippen MR) is 59.8 cm³/mol. The number of amides is 2. The van der Waals surface area contributed by atoms with Crippen LogP contribution in [0.2, 0.25) is 0 Å². The van der Waals surface area contributed by atoms with Crippen LogP contribution in [0.3, 0.4) is 0 Å². The van der Waals surface area contributed by atoms with Gasteiger partial charge >= 0.3 is 6.03 Å². The highest BCUT2D eigenvalue weighted by molar-refractivity contribution is 5.74. The minimum Gasteiger partial charge on any atom is -0.324 e. The molecule has 2 saturated heterocycles. The summed E-state index contributed by atoms with van der Waals surface area (Å²) in [6.45, 7) is 6.00. The predicted octanol–water partition coefficient (Wildman–Crippen LogP) is 0.742. The number of nitrogens with zero attached hydrogens (tertiary/aromatic N) is 2. The molecule has 0 aromatic heterocycles. The second-order valence-electron chi connectivity index (χ2n) is 4.90. The molecule has 0 saturated carbocycles. The van der Waals surface area contributed by atoms with Crippen LogP contribution in [0, 0.1) is 5.92 Å². The smallest absolute Gasteiger partial charge is 0.320 e. The van der Waals surface area contributed by atoms with E-state index in [2.05, 4.69) is 12.2 Å². The molecule has 2 aliphatic heterocycles. The van der Waals surface area contributed by atoms with Crippen LogP contribution in [0.1, 0.15) is 19.8 Å². The Balaban J connectivity index is 1.88. The van der Waals surface area contributed by atoms with Gasteiger partial charge in [-0.15, -0.1) is 0 Å². The van der Waals surface area contributed by atoms with Crippen LogP contribution in [-0.2, 0) is 0 Å². The number of carbonyl (C=O) groups excluding carboxylic acids is 1. The lowest BCUT2D eigenvalue weighted by Crippen LogP contribution is -2.60. The zero-order valence-corrected chi connectivity index (χ0v) is 9.70.